The number of piperazine rings is 1. The van der Waals surface area contributed by atoms with E-state index in [9.17, 15) is 14.7 Å². The third-order valence-electron chi connectivity index (χ3n) is 4.82. The molecule has 1 N–H and O–H groups in total. The Morgan fingerprint density at radius 3 is 2.36 bits per heavy atom. The first-order valence-corrected chi connectivity index (χ1v) is 7.45. The van der Waals surface area contributed by atoms with Crippen LogP contribution >= 0.6 is 0 Å². The van der Waals surface area contributed by atoms with Gasteiger partial charge in [-0.1, -0.05) is 13.8 Å². The van der Waals surface area contributed by atoms with Crippen LogP contribution in [0.25, 0.3) is 0 Å². The number of hydrogen-bond donors (Lipinski definition) is 1. The van der Waals surface area contributed by atoms with Gasteiger partial charge in [-0.05, 0) is 5.41 Å². The van der Waals surface area contributed by atoms with Crippen molar-refractivity contribution in [1.82, 2.24) is 14.9 Å². The van der Waals surface area contributed by atoms with E-state index in [1.54, 1.807) is 23.5 Å². The number of hydrogen-bond acceptors (Lipinski definition) is 5. The molecule has 118 valence electrons. The van der Waals surface area contributed by atoms with Crippen LogP contribution < -0.4 is 4.90 Å². The summed E-state index contributed by atoms with van der Waals surface area (Å²) in [6.07, 6.45) is 4.99. The van der Waals surface area contributed by atoms with Crippen LogP contribution in [0.1, 0.15) is 13.8 Å². The number of aromatic nitrogens is 2. The highest BCUT2D eigenvalue weighted by atomic mass is 16.4. The van der Waals surface area contributed by atoms with Gasteiger partial charge in [0, 0.05) is 38.6 Å². The number of anilines is 1. The molecule has 1 saturated carbocycles. The fourth-order valence-electron chi connectivity index (χ4n) is 3.37. The van der Waals surface area contributed by atoms with Crippen LogP contribution in [-0.2, 0) is 9.59 Å². The molecular weight excluding hydrogens is 284 g/mol. The lowest BCUT2D eigenvalue weighted by Crippen LogP contribution is -2.50. The van der Waals surface area contributed by atoms with Gasteiger partial charge < -0.3 is 14.9 Å². The molecule has 7 nitrogen and oxygen atoms in total. The number of carboxylic acids is 1. The molecule has 22 heavy (non-hydrogen) atoms. The largest absolute Gasteiger partial charge is 0.481 e. The fraction of sp³-hybridized carbons (Fsp3) is 0.600. The van der Waals surface area contributed by atoms with Gasteiger partial charge in [-0.3, -0.25) is 14.6 Å². The average Bonchev–Trinajstić information content (AvgIpc) is 3.10. The molecule has 1 saturated heterocycles. The van der Waals surface area contributed by atoms with E-state index in [1.165, 1.54) is 0 Å². The third kappa shape index (κ3) is 2.40. The third-order valence-corrected chi connectivity index (χ3v) is 4.82. The summed E-state index contributed by atoms with van der Waals surface area (Å²) in [5, 5.41) is 9.20. The number of nitrogens with zero attached hydrogens (tertiary/aromatic N) is 4. The van der Waals surface area contributed by atoms with Gasteiger partial charge in [0.1, 0.15) is 5.82 Å². The van der Waals surface area contributed by atoms with Gasteiger partial charge in [-0.25, -0.2) is 4.98 Å². The SMILES string of the molecule is CC1(C)[C@H](C(=O)O)[C@@H]1C(=O)N1CCN(c2cnccn2)CC1. The second-order valence-corrected chi connectivity index (χ2v) is 6.49. The minimum absolute atomic E-state index is 0.0313. The first-order chi connectivity index (χ1) is 10.4. The topological polar surface area (TPSA) is 86.6 Å². The van der Waals surface area contributed by atoms with Crippen molar-refractivity contribution < 1.29 is 14.7 Å². The van der Waals surface area contributed by atoms with E-state index in [0.717, 1.165) is 5.82 Å². The van der Waals surface area contributed by atoms with Crippen LogP contribution in [-0.4, -0.2) is 58.0 Å². The van der Waals surface area contributed by atoms with Gasteiger partial charge in [0.05, 0.1) is 18.0 Å². The highest BCUT2D eigenvalue weighted by Crippen LogP contribution is 2.59. The highest BCUT2D eigenvalue weighted by Gasteiger charge is 2.66. The average molecular weight is 304 g/mol. The Morgan fingerprint density at radius 1 is 1.18 bits per heavy atom. The minimum Gasteiger partial charge on any atom is -0.481 e. The Kier molecular flexibility index (Phi) is 3.50. The zero-order valence-corrected chi connectivity index (χ0v) is 12.8. The Labute approximate surface area is 129 Å². The summed E-state index contributed by atoms with van der Waals surface area (Å²) in [5.74, 6) is -1.05. The number of rotatable bonds is 3. The van der Waals surface area contributed by atoms with Gasteiger partial charge in [0.2, 0.25) is 5.91 Å². The predicted molar refractivity (Wildman–Crippen MR) is 79.2 cm³/mol. The summed E-state index contributed by atoms with van der Waals surface area (Å²) in [6, 6.07) is 0. The van der Waals surface area contributed by atoms with E-state index in [0.29, 0.717) is 26.2 Å². The maximum atomic E-state index is 12.6. The van der Waals surface area contributed by atoms with Crippen molar-refractivity contribution >= 4 is 17.7 Å². The minimum atomic E-state index is -0.874. The van der Waals surface area contributed by atoms with Crippen molar-refractivity contribution in [3.05, 3.63) is 18.6 Å². The van der Waals surface area contributed by atoms with Crippen molar-refractivity contribution in [2.75, 3.05) is 31.1 Å². The van der Waals surface area contributed by atoms with E-state index in [1.807, 2.05) is 13.8 Å². The van der Waals surface area contributed by atoms with E-state index in [4.69, 9.17) is 0 Å². The van der Waals surface area contributed by atoms with Crippen molar-refractivity contribution in [1.29, 1.82) is 0 Å². The lowest BCUT2D eigenvalue weighted by Gasteiger charge is -2.35. The summed E-state index contributed by atoms with van der Waals surface area (Å²) < 4.78 is 0. The van der Waals surface area contributed by atoms with Crippen molar-refractivity contribution in [2.45, 2.75) is 13.8 Å². The van der Waals surface area contributed by atoms with Crippen LogP contribution in [0.2, 0.25) is 0 Å². The number of carbonyl (C=O) groups excluding carboxylic acids is 1. The Bertz CT molecular complexity index is 582. The Balaban J connectivity index is 1.60. The van der Waals surface area contributed by atoms with Crippen LogP contribution in [0.15, 0.2) is 18.6 Å². The van der Waals surface area contributed by atoms with Gasteiger partial charge in [0.25, 0.3) is 0 Å². The molecule has 2 atom stereocenters. The summed E-state index contributed by atoms with van der Waals surface area (Å²) >= 11 is 0. The van der Waals surface area contributed by atoms with Crippen LogP contribution in [0.5, 0.6) is 0 Å². The van der Waals surface area contributed by atoms with Crippen LogP contribution in [0, 0.1) is 17.3 Å². The zero-order valence-electron chi connectivity index (χ0n) is 12.8. The molecule has 1 amide bonds. The first-order valence-electron chi connectivity index (χ1n) is 7.45. The Hall–Kier alpha value is -2.18. The monoisotopic (exact) mass is 304 g/mol. The molecule has 0 spiro atoms. The quantitative estimate of drug-likeness (QED) is 0.874. The molecule has 0 unspecified atom stereocenters. The van der Waals surface area contributed by atoms with Gasteiger partial charge in [-0.2, -0.15) is 0 Å². The van der Waals surface area contributed by atoms with E-state index < -0.39 is 23.2 Å². The van der Waals surface area contributed by atoms with Crippen molar-refractivity contribution in [3.8, 4) is 0 Å². The smallest absolute Gasteiger partial charge is 0.307 e. The van der Waals surface area contributed by atoms with Gasteiger partial charge in [-0.15, -0.1) is 0 Å². The molecule has 1 aromatic heterocycles. The zero-order chi connectivity index (χ0) is 15.9. The molecule has 0 bridgehead atoms. The molecule has 0 radical (unpaired) electrons. The maximum absolute atomic E-state index is 12.6. The van der Waals surface area contributed by atoms with Crippen molar-refractivity contribution in [3.63, 3.8) is 0 Å². The lowest BCUT2D eigenvalue weighted by atomic mass is 10.1. The number of carbonyl (C=O) groups is 2. The molecule has 0 aromatic carbocycles. The predicted octanol–water partition coefficient (Wildman–Crippen LogP) is 0.482. The number of aliphatic carboxylic acids is 1. The van der Waals surface area contributed by atoms with Gasteiger partial charge >= 0.3 is 5.97 Å². The first kappa shape index (κ1) is 14.7. The normalized spacial score (nSPS) is 26.6. The summed E-state index contributed by atoms with van der Waals surface area (Å²) in [4.78, 5) is 35.9. The standard InChI is InChI=1S/C15H20N4O3/c1-15(2)11(12(15)14(21)22)13(20)19-7-5-18(6-8-19)10-9-16-3-4-17-10/h3-4,9,11-12H,5-8H2,1-2H3,(H,21,22)/t11-,12+/m1/s1. The molecule has 2 fully saturated rings. The molecule has 1 aliphatic heterocycles. The summed E-state index contributed by atoms with van der Waals surface area (Å²) in [6.45, 7) is 6.27. The fourth-order valence-corrected chi connectivity index (χ4v) is 3.37. The molecule has 2 heterocycles. The Morgan fingerprint density at radius 2 is 1.86 bits per heavy atom. The van der Waals surface area contributed by atoms with Crippen molar-refractivity contribution in [2.24, 2.45) is 17.3 Å². The maximum Gasteiger partial charge on any atom is 0.307 e. The molecule has 7 heteroatoms. The molecule has 1 aliphatic carbocycles. The lowest BCUT2D eigenvalue weighted by molar-refractivity contribution is -0.142. The number of carboxylic acid groups (broad SMARTS) is 1. The molecule has 2 aliphatic rings. The molecule has 3 rings (SSSR count). The second kappa shape index (κ2) is 5.23. The van der Waals surface area contributed by atoms with E-state index in [2.05, 4.69) is 14.9 Å². The van der Waals surface area contributed by atoms with E-state index in [-0.39, 0.29) is 5.91 Å². The summed E-state index contributed by atoms with van der Waals surface area (Å²) in [7, 11) is 0. The highest BCUT2D eigenvalue weighted by molar-refractivity contribution is 5.91. The second-order valence-electron chi connectivity index (χ2n) is 6.49. The van der Waals surface area contributed by atoms with Crippen LogP contribution in [0.4, 0.5) is 5.82 Å². The number of amides is 1. The van der Waals surface area contributed by atoms with E-state index >= 15 is 0 Å². The van der Waals surface area contributed by atoms with Gasteiger partial charge in [0.15, 0.2) is 0 Å². The molecule has 1 aromatic rings. The molecular formula is C15H20N4O3. The van der Waals surface area contributed by atoms with Crippen LogP contribution in [0.3, 0.4) is 0 Å². The summed E-state index contributed by atoms with van der Waals surface area (Å²) in [5.41, 5.74) is -0.440.